The van der Waals surface area contributed by atoms with E-state index in [1.165, 1.54) is 25.3 Å². The van der Waals surface area contributed by atoms with Gasteiger partial charge >= 0.3 is 0 Å². The predicted octanol–water partition coefficient (Wildman–Crippen LogP) is 4.12. The Hall–Kier alpha value is -1.53. The van der Waals surface area contributed by atoms with Crippen molar-refractivity contribution in [1.29, 1.82) is 0 Å². The van der Waals surface area contributed by atoms with Gasteiger partial charge in [-0.05, 0) is 51.7 Å². The van der Waals surface area contributed by atoms with E-state index in [9.17, 15) is 13.2 Å². The average Bonchev–Trinajstić information content (AvgIpc) is 2.45. The van der Waals surface area contributed by atoms with Crippen molar-refractivity contribution in [2.24, 2.45) is 5.73 Å². The molecular weight excluding hydrogens is 347 g/mol. The fraction of sp³-hybridized carbons (Fsp3) is 0.200. The normalized spacial score (nSPS) is 12.3. The fourth-order valence-corrected chi connectivity index (χ4v) is 2.64. The minimum absolute atomic E-state index is 0.0102. The largest absolute Gasteiger partial charge is 0.494 e. The number of methoxy groups -OCH3 is 1. The van der Waals surface area contributed by atoms with Gasteiger partial charge in [-0.2, -0.15) is 0 Å². The summed E-state index contributed by atoms with van der Waals surface area (Å²) < 4.78 is 45.0. The zero-order valence-corrected chi connectivity index (χ0v) is 12.8. The van der Waals surface area contributed by atoms with Crippen LogP contribution in [0, 0.1) is 17.5 Å². The summed E-state index contributed by atoms with van der Waals surface area (Å²) in [5.41, 5.74) is 7.05. The van der Waals surface area contributed by atoms with Crippen molar-refractivity contribution < 1.29 is 17.9 Å². The Morgan fingerprint density at radius 3 is 2.48 bits per heavy atom. The van der Waals surface area contributed by atoms with Crippen LogP contribution in [0.4, 0.5) is 13.2 Å². The van der Waals surface area contributed by atoms with E-state index >= 15 is 0 Å². The van der Waals surface area contributed by atoms with Crippen LogP contribution >= 0.6 is 15.9 Å². The summed E-state index contributed by atoms with van der Waals surface area (Å²) in [5, 5.41) is 0. The summed E-state index contributed by atoms with van der Waals surface area (Å²) in [6, 6.07) is 6.32. The highest BCUT2D eigenvalue weighted by Gasteiger charge is 2.17. The molecule has 0 saturated carbocycles. The molecule has 2 aromatic carbocycles. The second kappa shape index (κ2) is 6.49. The molecule has 0 saturated heterocycles. The molecule has 2 aromatic rings. The molecule has 0 aliphatic heterocycles. The highest BCUT2D eigenvalue weighted by molar-refractivity contribution is 9.10. The van der Waals surface area contributed by atoms with Gasteiger partial charge in [0.25, 0.3) is 0 Å². The van der Waals surface area contributed by atoms with E-state index in [1.54, 1.807) is 6.07 Å². The van der Waals surface area contributed by atoms with Crippen molar-refractivity contribution in [3.63, 3.8) is 0 Å². The molecule has 0 aromatic heterocycles. The number of halogens is 4. The molecule has 1 unspecified atom stereocenters. The van der Waals surface area contributed by atoms with Crippen LogP contribution in [0.3, 0.4) is 0 Å². The number of hydrogen-bond acceptors (Lipinski definition) is 2. The molecular formula is C15H13BrF3NO. The third-order valence-electron chi connectivity index (χ3n) is 3.14. The first-order chi connectivity index (χ1) is 9.93. The molecule has 0 spiro atoms. The van der Waals surface area contributed by atoms with Gasteiger partial charge in [-0.1, -0.05) is 12.1 Å². The van der Waals surface area contributed by atoms with Gasteiger partial charge in [0.2, 0.25) is 0 Å². The van der Waals surface area contributed by atoms with E-state index in [1.807, 2.05) is 0 Å². The molecule has 1 atom stereocenters. The minimum Gasteiger partial charge on any atom is -0.494 e. The SMILES string of the molecule is COc1ccc(CC(N)c2ccc(F)c(F)c2Br)cc1F. The van der Waals surface area contributed by atoms with Crippen molar-refractivity contribution >= 4 is 15.9 Å². The van der Waals surface area contributed by atoms with Crippen molar-refractivity contribution in [3.8, 4) is 5.75 Å². The van der Waals surface area contributed by atoms with Gasteiger partial charge in [0.05, 0.1) is 11.6 Å². The number of ether oxygens (including phenoxy) is 1. The van der Waals surface area contributed by atoms with E-state index in [2.05, 4.69) is 15.9 Å². The van der Waals surface area contributed by atoms with Gasteiger partial charge in [-0.3, -0.25) is 0 Å². The average molecular weight is 360 g/mol. The summed E-state index contributed by atoms with van der Waals surface area (Å²) in [6.07, 6.45) is 0.282. The Morgan fingerprint density at radius 2 is 1.86 bits per heavy atom. The van der Waals surface area contributed by atoms with Crippen LogP contribution < -0.4 is 10.5 Å². The molecule has 0 bridgehead atoms. The number of benzene rings is 2. The lowest BCUT2D eigenvalue weighted by Crippen LogP contribution is -2.15. The van der Waals surface area contributed by atoms with Crippen LogP contribution in [-0.4, -0.2) is 7.11 Å². The molecule has 112 valence electrons. The molecule has 2 nitrogen and oxygen atoms in total. The zero-order chi connectivity index (χ0) is 15.6. The van der Waals surface area contributed by atoms with Crippen molar-refractivity contribution in [2.45, 2.75) is 12.5 Å². The van der Waals surface area contributed by atoms with Crippen molar-refractivity contribution in [2.75, 3.05) is 7.11 Å². The topological polar surface area (TPSA) is 35.2 Å². The van der Waals surface area contributed by atoms with Crippen molar-refractivity contribution in [3.05, 3.63) is 63.4 Å². The lowest BCUT2D eigenvalue weighted by Gasteiger charge is -2.15. The lowest BCUT2D eigenvalue weighted by molar-refractivity contribution is 0.386. The van der Waals surface area contributed by atoms with E-state index < -0.39 is 23.5 Å². The highest BCUT2D eigenvalue weighted by atomic mass is 79.9. The Bertz CT molecular complexity index is 664. The standard InChI is InChI=1S/C15H13BrF3NO/c1-21-13-5-2-8(6-11(13)18)7-12(20)9-3-4-10(17)15(19)14(9)16/h2-6,12H,7,20H2,1H3. The molecule has 2 rings (SSSR count). The number of rotatable bonds is 4. The van der Waals surface area contributed by atoms with Gasteiger partial charge in [-0.15, -0.1) is 0 Å². The Balaban J connectivity index is 2.24. The van der Waals surface area contributed by atoms with E-state index in [4.69, 9.17) is 10.5 Å². The summed E-state index contributed by atoms with van der Waals surface area (Å²) in [7, 11) is 1.38. The summed E-state index contributed by atoms with van der Waals surface area (Å²) in [4.78, 5) is 0. The van der Waals surface area contributed by atoms with Crippen LogP contribution in [0.1, 0.15) is 17.2 Å². The van der Waals surface area contributed by atoms with Gasteiger partial charge in [0, 0.05) is 6.04 Å². The van der Waals surface area contributed by atoms with Gasteiger partial charge in [-0.25, -0.2) is 13.2 Å². The molecule has 0 radical (unpaired) electrons. The van der Waals surface area contributed by atoms with Crippen LogP contribution in [0.15, 0.2) is 34.8 Å². The Kier molecular flexibility index (Phi) is 4.90. The second-order valence-corrected chi connectivity index (χ2v) is 5.34. The third-order valence-corrected chi connectivity index (χ3v) is 3.94. The molecule has 0 aliphatic rings. The minimum atomic E-state index is -0.983. The smallest absolute Gasteiger partial charge is 0.173 e. The summed E-state index contributed by atoms with van der Waals surface area (Å²) in [5.74, 6) is -2.29. The fourth-order valence-electron chi connectivity index (χ4n) is 2.03. The Morgan fingerprint density at radius 1 is 1.14 bits per heavy atom. The molecule has 0 fully saturated rings. The first-order valence-electron chi connectivity index (χ1n) is 6.15. The molecule has 6 heteroatoms. The second-order valence-electron chi connectivity index (χ2n) is 4.54. The van der Waals surface area contributed by atoms with E-state index in [0.29, 0.717) is 11.1 Å². The van der Waals surface area contributed by atoms with Crippen LogP contribution in [0.5, 0.6) is 5.75 Å². The summed E-state index contributed by atoms with van der Waals surface area (Å²) >= 11 is 2.99. The van der Waals surface area contributed by atoms with E-state index in [0.717, 1.165) is 6.07 Å². The monoisotopic (exact) mass is 359 g/mol. The zero-order valence-electron chi connectivity index (χ0n) is 11.2. The predicted molar refractivity (Wildman–Crippen MR) is 77.6 cm³/mol. The molecule has 0 heterocycles. The Labute approximate surface area is 128 Å². The van der Waals surface area contributed by atoms with Crippen LogP contribution in [0.2, 0.25) is 0 Å². The number of hydrogen-bond donors (Lipinski definition) is 1. The van der Waals surface area contributed by atoms with E-state index in [-0.39, 0.29) is 16.6 Å². The van der Waals surface area contributed by atoms with Gasteiger partial charge in [0.15, 0.2) is 23.2 Å². The molecule has 21 heavy (non-hydrogen) atoms. The van der Waals surface area contributed by atoms with Crippen LogP contribution in [-0.2, 0) is 6.42 Å². The van der Waals surface area contributed by atoms with Crippen molar-refractivity contribution in [1.82, 2.24) is 0 Å². The number of nitrogens with two attached hydrogens (primary N) is 1. The van der Waals surface area contributed by atoms with Gasteiger partial charge < -0.3 is 10.5 Å². The maximum Gasteiger partial charge on any atom is 0.173 e. The molecule has 0 amide bonds. The van der Waals surface area contributed by atoms with Crippen LogP contribution in [0.25, 0.3) is 0 Å². The van der Waals surface area contributed by atoms with Gasteiger partial charge in [0.1, 0.15) is 0 Å². The lowest BCUT2D eigenvalue weighted by atomic mass is 9.99. The maximum atomic E-state index is 13.6. The molecule has 0 aliphatic carbocycles. The summed E-state index contributed by atoms with van der Waals surface area (Å²) in [6.45, 7) is 0. The quantitative estimate of drug-likeness (QED) is 0.833. The maximum absolute atomic E-state index is 13.6. The highest BCUT2D eigenvalue weighted by Crippen LogP contribution is 2.29. The molecule has 2 N–H and O–H groups in total. The third kappa shape index (κ3) is 3.39. The first-order valence-corrected chi connectivity index (χ1v) is 6.94. The first kappa shape index (κ1) is 15.9.